The fraction of sp³-hybridized carbons (Fsp3) is 0.417. The molecule has 0 fully saturated rings. The summed E-state index contributed by atoms with van der Waals surface area (Å²) in [6.45, 7) is 6.38. The molecule has 0 aromatic heterocycles. The lowest BCUT2D eigenvalue weighted by Crippen LogP contribution is -2.04. The monoisotopic (exact) mass is 193 g/mol. The Bertz CT molecular complexity index is 261. The first-order valence-corrected chi connectivity index (χ1v) is 4.88. The molecule has 1 atom stereocenters. The summed E-state index contributed by atoms with van der Waals surface area (Å²) in [6.07, 6.45) is 10.1. The minimum atomic E-state index is -0.418. The molecule has 0 aliphatic carbocycles. The Labute approximate surface area is 86.2 Å². The highest BCUT2D eigenvalue weighted by molar-refractivity contribution is 5.85. The lowest BCUT2D eigenvalue weighted by Gasteiger charge is -2.00. The molecule has 0 radical (unpaired) electrons. The van der Waals surface area contributed by atoms with Gasteiger partial charge in [-0.3, -0.25) is 4.79 Å². The highest BCUT2D eigenvalue weighted by Crippen LogP contribution is 2.07. The van der Waals surface area contributed by atoms with E-state index in [4.69, 9.17) is 5.73 Å². The largest absolute Gasteiger partial charge is 0.366 e. The van der Waals surface area contributed by atoms with Crippen molar-refractivity contribution in [3.05, 3.63) is 36.0 Å². The van der Waals surface area contributed by atoms with Crippen molar-refractivity contribution >= 4 is 5.91 Å². The molecule has 0 saturated carbocycles. The van der Waals surface area contributed by atoms with Gasteiger partial charge < -0.3 is 5.73 Å². The second-order valence-electron chi connectivity index (χ2n) is 3.42. The molecule has 0 bridgehead atoms. The lowest BCUT2D eigenvalue weighted by molar-refractivity contribution is -0.113. The van der Waals surface area contributed by atoms with Crippen molar-refractivity contribution in [2.24, 2.45) is 11.7 Å². The third-order valence-electron chi connectivity index (χ3n) is 1.92. The number of carbonyl (C=O) groups is 1. The van der Waals surface area contributed by atoms with E-state index in [1.54, 1.807) is 6.08 Å². The number of amides is 1. The maximum atomic E-state index is 10.4. The summed E-state index contributed by atoms with van der Waals surface area (Å²) in [7, 11) is 0. The van der Waals surface area contributed by atoms with Crippen LogP contribution in [0.25, 0.3) is 0 Å². The number of hydrogen-bond donors (Lipinski definition) is 1. The van der Waals surface area contributed by atoms with Crippen molar-refractivity contribution in [3.8, 4) is 0 Å². The van der Waals surface area contributed by atoms with Crippen LogP contribution in [-0.2, 0) is 4.79 Å². The van der Waals surface area contributed by atoms with E-state index in [0.29, 0.717) is 5.92 Å². The van der Waals surface area contributed by atoms with Gasteiger partial charge >= 0.3 is 0 Å². The summed E-state index contributed by atoms with van der Waals surface area (Å²) >= 11 is 0. The maximum Gasteiger partial charge on any atom is 0.241 e. The Hall–Kier alpha value is -1.31. The number of allylic oxidation sites excluding steroid dienone is 5. The fourth-order valence-corrected chi connectivity index (χ4v) is 0.980. The fourth-order valence-electron chi connectivity index (χ4n) is 0.980. The summed E-state index contributed by atoms with van der Waals surface area (Å²) < 4.78 is 0. The second-order valence-corrected chi connectivity index (χ2v) is 3.42. The molecule has 0 spiro atoms. The van der Waals surface area contributed by atoms with E-state index in [2.05, 4.69) is 19.9 Å². The zero-order valence-electron chi connectivity index (χ0n) is 9.16. The van der Waals surface area contributed by atoms with Crippen LogP contribution in [0.4, 0.5) is 0 Å². The first-order valence-electron chi connectivity index (χ1n) is 4.88. The normalized spacial score (nSPS) is 15.2. The quantitative estimate of drug-likeness (QED) is 0.529. The Morgan fingerprint density at radius 1 is 1.36 bits per heavy atom. The Kier molecular flexibility index (Phi) is 6.46. The van der Waals surface area contributed by atoms with Crippen LogP contribution in [0.1, 0.15) is 27.2 Å². The molecule has 1 unspecified atom stereocenters. The number of carbonyl (C=O) groups excluding carboxylic acids is 1. The van der Waals surface area contributed by atoms with Gasteiger partial charge in [-0.15, -0.1) is 0 Å². The third kappa shape index (κ3) is 7.35. The Morgan fingerprint density at radius 2 is 1.93 bits per heavy atom. The van der Waals surface area contributed by atoms with E-state index in [9.17, 15) is 4.79 Å². The predicted molar refractivity (Wildman–Crippen MR) is 60.7 cm³/mol. The molecule has 14 heavy (non-hydrogen) atoms. The van der Waals surface area contributed by atoms with Crippen LogP contribution >= 0.6 is 0 Å². The molecule has 2 nitrogen and oxygen atoms in total. The van der Waals surface area contributed by atoms with Gasteiger partial charge in [0.05, 0.1) is 0 Å². The van der Waals surface area contributed by atoms with Crippen LogP contribution in [0.2, 0.25) is 0 Å². The molecule has 1 amide bonds. The highest BCUT2D eigenvalue weighted by atomic mass is 16.1. The van der Waals surface area contributed by atoms with E-state index in [1.165, 1.54) is 11.6 Å². The van der Waals surface area contributed by atoms with Crippen molar-refractivity contribution in [3.63, 3.8) is 0 Å². The molecular weight excluding hydrogens is 174 g/mol. The summed E-state index contributed by atoms with van der Waals surface area (Å²) in [4.78, 5) is 10.4. The molecule has 0 rings (SSSR count). The van der Waals surface area contributed by atoms with Crippen molar-refractivity contribution in [2.45, 2.75) is 27.2 Å². The van der Waals surface area contributed by atoms with Gasteiger partial charge in [0, 0.05) is 6.08 Å². The van der Waals surface area contributed by atoms with Gasteiger partial charge in [-0.05, 0) is 12.8 Å². The van der Waals surface area contributed by atoms with Crippen LogP contribution in [0, 0.1) is 5.92 Å². The number of hydrogen-bond acceptors (Lipinski definition) is 1. The zero-order chi connectivity index (χ0) is 11.0. The van der Waals surface area contributed by atoms with Crippen LogP contribution in [0.5, 0.6) is 0 Å². The molecule has 0 heterocycles. The molecule has 78 valence electrons. The minimum Gasteiger partial charge on any atom is -0.366 e. The highest BCUT2D eigenvalue weighted by Gasteiger charge is 1.91. The van der Waals surface area contributed by atoms with Gasteiger partial charge in [-0.1, -0.05) is 50.1 Å². The van der Waals surface area contributed by atoms with Gasteiger partial charge in [-0.2, -0.15) is 0 Å². The molecular formula is C12H19NO. The zero-order valence-corrected chi connectivity index (χ0v) is 9.16. The smallest absolute Gasteiger partial charge is 0.241 e. The molecule has 0 aromatic rings. The molecule has 0 aromatic carbocycles. The van der Waals surface area contributed by atoms with Crippen molar-refractivity contribution in [2.75, 3.05) is 0 Å². The predicted octanol–water partition coefficient (Wildman–Crippen LogP) is 2.58. The van der Waals surface area contributed by atoms with Gasteiger partial charge in [0.1, 0.15) is 0 Å². The average molecular weight is 193 g/mol. The first kappa shape index (κ1) is 12.7. The van der Waals surface area contributed by atoms with E-state index in [0.717, 1.165) is 6.42 Å². The van der Waals surface area contributed by atoms with Crippen LogP contribution in [0.15, 0.2) is 36.0 Å². The lowest BCUT2D eigenvalue weighted by atomic mass is 10.1. The van der Waals surface area contributed by atoms with Gasteiger partial charge in [0.15, 0.2) is 0 Å². The molecule has 0 saturated heterocycles. The minimum absolute atomic E-state index is 0.418. The molecule has 2 heteroatoms. The average Bonchev–Trinajstić information content (AvgIpc) is 2.12. The van der Waals surface area contributed by atoms with Gasteiger partial charge in [0.25, 0.3) is 0 Å². The summed E-state index contributed by atoms with van der Waals surface area (Å²) in [5.41, 5.74) is 6.14. The summed E-state index contributed by atoms with van der Waals surface area (Å²) in [6, 6.07) is 0. The van der Waals surface area contributed by atoms with E-state index < -0.39 is 5.91 Å². The van der Waals surface area contributed by atoms with E-state index >= 15 is 0 Å². The van der Waals surface area contributed by atoms with E-state index in [-0.39, 0.29) is 0 Å². The van der Waals surface area contributed by atoms with Crippen molar-refractivity contribution < 1.29 is 4.79 Å². The molecule has 0 aliphatic rings. The number of primary amides is 1. The van der Waals surface area contributed by atoms with Gasteiger partial charge in [0.2, 0.25) is 5.91 Å². The molecule has 2 N–H and O–H groups in total. The molecule has 0 aliphatic heterocycles. The second kappa shape index (κ2) is 7.13. The van der Waals surface area contributed by atoms with Crippen LogP contribution in [-0.4, -0.2) is 5.91 Å². The topological polar surface area (TPSA) is 43.1 Å². The SMILES string of the molecule is CCC(C)/C=C(C)/C=C/C=C/C(N)=O. The Balaban J connectivity index is 4.11. The maximum absolute atomic E-state index is 10.4. The van der Waals surface area contributed by atoms with Crippen molar-refractivity contribution in [1.29, 1.82) is 0 Å². The number of nitrogens with two attached hydrogens (primary N) is 1. The van der Waals surface area contributed by atoms with Crippen molar-refractivity contribution in [1.82, 2.24) is 0 Å². The summed E-state index contributed by atoms with van der Waals surface area (Å²) in [5.74, 6) is 0.179. The van der Waals surface area contributed by atoms with Crippen LogP contribution in [0.3, 0.4) is 0 Å². The van der Waals surface area contributed by atoms with Gasteiger partial charge in [-0.25, -0.2) is 0 Å². The first-order chi connectivity index (χ1) is 6.56. The standard InChI is InChI=1S/C12H19NO/c1-4-10(2)9-11(3)7-5-6-8-12(13)14/h5-10H,4H2,1-3H3,(H2,13,14)/b7-5+,8-6+,11-9+. The van der Waals surface area contributed by atoms with E-state index in [1.807, 2.05) is 19.1 Å². The Morgan fingerprint density at radius 3 is 2.43 bits per heavy atom. The van der Waals surface area contributed by atoms with Crippen LogP contribution < -0.4 is 5.73 Å². The summed E-state index contributed by atoms with van der Waals surface area (Å²) in [5, 5.41) is 0. The third-order valence-corrected chi connectivity index (χ3v) is 1.92. The number of rotatable bonds is 5.